The Morgan fingerprint density at radius 2 is 1.71 bits per heavy atom. The molecule has 0 bridgehead atoms. The first-order chi connectivity index (χ1) is 10.1. The van der Waals surface area contributed by atoms with Crippen molar-refractivity contribution in [2.45, 2.75) is 30.9 Å². The Hall–Kier alpha value is -1.14. The van der Waals surface area contributed by atoms with Crippen LogP contribution in [-0.4, -0.2) is 39.1 Å². The number of carboxylic acid groups (broad SMARTS) is 1. The Labute approximate surface area is 134 Å². The average Bonchev–Trinajstić information content (AvgIpc) is 2.45. The van der Waals surface area contributed by atoms with Gasteiger partial charge in [0.15, 0.2) is 0 Å². The van der Waals surface area contributed by atoms with Crippen LogP contribution in [-0.2, 0) is 16.0 Å². The number of carbonyl (C=O) groups excluding carboxylic acids is 1. The van der Waals surface area contributed by atoms with Crippen LogP contribution in [0.2, 0.25) is 0 Å². The molecule has 0 aliphatic heterocycles. The fraction of sp³-hybridized carbons (Fsp3) is 0.467. The summed E-state index contributed by atoms with van der Waals surface area (Å²) >= 11 is 3.11. The number of amides is 1. The van der Waals surface area contributed by atoms with Crippen LogP contribution >= 0.6 is 23.5 Å². The standard InChI is InChI=1S/C15H21NO3S2/c1-3-20-15(21-4-2)13(14(18)19)16-12(17)10-11-8-6-5-7-9-11/h5-9,13,15H,3-4,10H2,1-2H3,(H,16,17)(H,18,19)/t13-/m1/s1. The van der Waals surface area contributed by atoms with Gasteiger partial charge in [-0.2, -0.15) is 0 Å². The maximum atomic E-state index is 12.0. The quantitative estimate of drug-likeness (QED) is 0.683. The molecule has 4 nitrogen and oxygen atoms in total. The molecule has 1 amide bonds. The van der Waals surface area contributed by atoms with Crippen LogP contribution in [0.3, 0.4) is 0 Å². The lowest BCUT2D eigenvalue weighted by atomic mass is 10.1. The number of hydrogen-bond acceptors (Lipinski definition) is 4. The van der Waals surface area contributed by atoms with Gasteiger partial charge in [0.1, 0.15) is 6.04 Å². The minimum absolute atomic E-state index is 0.169. The van der Waals surface area contributed by atoms with Crippen molar-refractivity contribution < 1.29 is 14.7 Å². The Morgan fingerprint density at radius 1 is 1.14 bits per heavy atom. The van der Waals surface area contributed by atoms with Crippen LogP contribution in [0.25, 0.3) is 0 Å². The normalized spacial score (nSPS) is 12.1. The number of nitrogens with one attached hydrogen (secondary N) is 1. The summed E-state index contributed by atoms with van der Waals surface area (Å²) in [6.07, 6.45) is 0.199. The number of carboxylic acids is 1. The largest absolute Gasteiger partial charge is 0.480 e. The van der Waals surface area contributed by atoms with E-state index in [9.17, 15) is 14.7 Å². The van der Waals surface area contributed by atoms with E-state index in [1.54, 1.807) is 23.5 Å². The number of aliphatic carboxylic acids is 1. The van der Waals surface area contributed by atoms with Crippen molar-refractivity contribution in [1.29, 1.82) is 0 Å². The number of benzene rings is 1. The minimum atomic E-state index is -0.983. The van der Waals surface area contributed by atoms with Crippen molar-refractivity contribution >= 4 is 35.4 Å². The van der Waals surface area contributed by atoms with Gasteiger partial charge in [0.2, 0.25) is 5.91 Å². The van der Waals surface area contributed by atoms with Gasteiger partial charge in [-0.25, -0.2) is 4.79 Å². The number of thioether (sulfide) groups is 2. The summed E-state index contributed by atoms with van der Waals surface area (Å²) in [5, 5.41) is 12.0. The molecule has 1 aromatic rings. The Kier molecular flexibility index (Phi) is 8.30. The summed E-state index contributed by atoms with van der Waals surface area (Å²) in [6, 6.07) is 8.45. The van der Waals surface area contributed by atoms with Crippen molar-refractivity contribution in [3.63, 3.8) is 0 Å². The van der Waals surface area contributed by atoms with Crippen LogP contribution in [0, 0.1) is 0 Å². The van der Waals surface area contributed by atoms with Crippen LogP contribution in [0.1, 0.15) is 19.4 Å². The number of rotatable bonds is 9. The summed E-state index contributed by atoms with van der Waals surface area (Å²) in [4.78, 5) is 23.5. The zero-order chi connectivity index (χ0) is 15.7. The monoisotopic (exact) mass is 327 g/mol. The van der Waals surface area contributed by atoms with Gasteiger partial charge in [-0.1, -0.05) is 44.2 Å². The van der Waals surface area contributed by atoms with E-state index in [0.717, 1.165) is 17.1 Å². The summed E-state index contributed by atoms with van der Waals surface area (Å²) in [5.41, 5.74) is 0.877. The second-order valence-electron chi connectivity index (χ2n) is 4.32. The summed E-state index contributed by atoms with van der Waals surface area (Å²) < 4.78 is -0.169. The number of carbonyl (C=O) groups is 2. The molecule has 0 aliphatic carbocycles. The second-order valence-corrected chi connectivity index (χ2v) is 7.46. The molecule has 1 rings (SSSR count). The molecule has 1 atom stereocenters. The first-order valence-corrected chi connectivity index (χ1v) is 8.97. The first-order valence-electron chi connectivity index (χ1n) is 6.87. The van der Waals surface area contributed by atoms with E-state index in [1.165, 1.54) is 0 Å². The highest BCUT2D eigenvalue weighted by molar-refractivity contribution is 8.17. The third kappa shape index (κ3) is 6.44. The van der Waals surface area contributed by atoms with Crippen molar-refractivity contribution in [3.05, 3.63) is 35.9 Å². The predicted octanol–water partition coefficient (Wildman–Crippen LogP) is 2.63. The lowest BCUT2D eigenvalue weighted by Crippen LogP contribution is -2.47. The van der Waals surface area contributed by atoms with E-state index in [1.807, 2.05) is 44.2 Å². The number of hydrogen-bond donors (Lipinski definition) is 2. The Morgan fingerprint density at radius 3 is 2.19 bits per heavy atom. The first kappa shape index (κ1) is 17.9. The Bertz CT molecular complexity index is 447. The molecule has 0 heterocycles. The van der Waals surface area contributed by atoms with Gasteiger partial charge >= 0.3 is 5.97 Å². The van der Waals surface area contributed by atoms with Gasteiger partial charge in [-0.15, -0.1) is 23.5 Å². The highest BCUT2D eigenvalue weighted by Crippen LogP contribution is 2.26. The fourth-order valence-corrected chi connectivity index (χ4v) is 4.43. The van der Waals surface area contributed by atoms with Gasteiger partial charge in [-0.05, 0) is 17.1 Å². The lowest BCUT2D eigenvalue weighted by molar-refractivity contribution is -0.141. The van der Waals surface area contributed by atoms with E-state index in [4.69, 9.17) is 0 Å². The molecular formula is C15H21NO3S2. The van der Waals surface area contributed by atoms with Crippen LogP contribution in [0.4, 0.5) is 0 Å². The van der Waals surface area contributed by atoms with Crippen LogP contribution < -0.4 is 5.32 Å². The molecule has 0 saturated heterocycles. The van der Waals surface area contributed by atoms with Gasteiger partial charge in [0.25, 0.3) is 0 Å². The zero-order valence-corrected chi connectivity index (χ0v) is 13.9. The van der Waals surface area contributed by atoms with E-state index in [0.29, 0.717) is 0 Å². The van der Waals surface area contributed by atoms with Crippen molar-refractivity contribution in [2.24, 2.45) is 0 Å². The molecule has 21 heavy (non-hydrogen) atoms. The van der Waals surface area contributed by atoms with Gasteiger partial charge in [0.05, 0.1) is 11.0 Å². The third-order valence-electron chi connectivity index (χ3n) is 2.72. The molecule has 0 saturated carbocycles. The zero-order valence-electron chi connectivity index (χ0n) is 12.2. The molecule has 0 aliphatic rings. The molecule has 116 valence electrons. The van der Waals surface area contributed by atoms with Gasteiger partial charge in [-0.3, -0.25) is 4.79 Å². The molecule has 2 N–H and O–H groups in total. The summed E-state index contributed by atoms with van der Waals surface area (Å²) in [6.45, 7) is 3.97. The molecule has 0 fully saturated rings. The highest BCUT2D eigenvalue weighted by Gasteiger charge is 2.29. The van der Waals surface area contributed by atoms with Gasteiger partial charge in [0, 0.05) is 0 Å². The van der Waals surface area contributed by atoms with E-state index in [-0.39, 0.29) is 16.9 Å². The molecule has 6 heteroatoms. The fourth-order valence-electron chi connectivity index (χ4n) is 1.82. The topological polar surface area (TPSA) is 66.4 Å². The predicted molar refractivity (Wildman–Crippen MR) is 89.8 cm³/mol. The SMILES string of the molecule is CCSC(SCC)[C@H](NC(=O)Cc1ccccc1)C(=O)O. The molecular weight excluding hydrogens is 306 g/mol. The third-order valence-corrected chi connectivity index (χ3v) is 5.41. The maximum absolute atomic E-state index is 12.0. The maximum Gasteiger partial charge on any atom is 0.328 e. The minimum Gasteiger partial charge on any atom is -0.480 e. The van der Waals surface area contributed by atoms with Crippen LogP contribution in [0.15, 0.2) is 30.3 Å². The van der Waals surface area contributed by atoms with Gasteiger partial charge < -0.3 is 10.4 Å². The van der Waals surface area contributed by atoms with Crippen LogP contribution in [0.5, 0.6) is 0 Å². The second kappa shape index (κ2) is 9.73. The molecule has 1 aromatic carbocycles. The molecule has 0 spiro atoms. The molecule has 0 unspecified atom stereocenters. The van der Waals surface area contributed by atoms with Crippen molar-refractivity contribution in [2.75, 3.05) is 11.5 Å². The molecule has 0 aromatic heterocycles. The summed E-state index contributed by atoms with van der Waals surface area (Å²) in [5.74, 6) is 0.391. The average molecular weight is 327 g/mol. The smallest absolute Gasteiger partial charge is 0.328 e. The van der Waals surface area contributed by atoms with Crippen molar-refractivity contribution in [3.8, 4) is 0 Å². The Balaban J connectivity index is 2.68. The van der Waals surface area contributed by atoms with E-state index < -0.39 is 12.0 Å². The molecule has 0 radical (unpaired) electrons. The highest BCUT2D eigenvalue weighted by atomic mass is 32.2. The van der Waals surface area contributed by atoms with E-state index in [2.05, 4.69) is 5.32 Å². The summed E-state index contributed by atoms with van der Waals surface area (Å²) in [7, 11) is 0. The van der Waals surface area contributed by atoms with Crippen molar-refractivity contribution in [1.82, 2.24) is 5.32 Å². The lowest BCUT2D eigenvalue weighted by Gasteiger charge is -2.23. The van der Waals surface area contributed by atoms with E-state index >= 15 is 0 Å².